The summed E-state index contributed by atoms with van der Waals surface area (Å²) in [7, 11) is 0. The number of ether oxygens (including phenoxy) is 2. The summed E-state index contributed by atoms with van der Waals surface area (Å²) in [5, 5.41) is 3.96. The maximum Gasteiger partial charge on any atom is 0.293 e. The topological polar surface area (TPSA) is 61.6 Å². The lowest BCUT2D eigenvalue weighted by Crippen LogP contribution is -2.49. The fraction of sp³-hybridized carbons (Fsp3) is 0.524. The van der Waals surface area contributed by atoms with Crippen molar-refractivity contribution in [2.75, 3.05) is 13.2 Å². The summed E-state index contributed by atoms with van der Waals surface area (Å²) in [6, 6.07) is 10.5. The molecule has 3 heterocycles. The normalized spacial score (nSPS) is 27.4. The highest BCUT2D eigenvalue weighted by molar-refractivity contribution is 5.58. The van der Waals surface area contributed by atoms with Crippen molar-refractivity contribution in [1.82, 2.24) is 5.16 Å². The summed E-state index contributed by atoms with van der Waals surface area (Å²) >= 11 is 0. The molecule has 2 bridgehead atoms. The minimum absolute atomic E-state index is 0.142. The molecule has 5 nitrogen and oxygen atoms in total. The van der Waals surface area contributed by atoms with Crippen LogP contribution in [0.5, 0.6) is 0 Å². The summed E-state index contributed by atoms with van der Waals surface area (Å²) < 4.78 is 16.6. The maximum absolute atomic E-state index is 10.3. The number of hydrogen-bond acceptors (Lipinski definition) is 5. The van der Waals surface area contributed by atoms with Crippen LogP contribution in [-0.2, 0) is 19.9 Å². The number of carbonyl (C=O) groups is 1. The maximum atomic E-state index is 10.3. The zero-order valence-electron chi connectivity index (χ0n) is 15.2. The van der Waals surface area contributed by atoms with Crippen LogP contribution in [0, 0.1) is 12.3 Å². The van der Waals surface area contributed by atoms with E-state index in [2.05, 4.69) is 29.4 Å². The molecule has 2 aromatic rings. The standard InChI is InChI=1S/C21H25NO4/c1-16-13-19(26-22-16)17-3-5-18(6-4-17)21-10-8-20(9-11-21,14-25-21)7-2-12-24-15-23/h3-6,13,15H,2,7-12,14H2,1H3. The summed E-state index contributed by atoms with van der Waals surface area (Å²) in [5.41, 5.74) is 3.32. The van der Waals surface area contributed by atoms with E-state index in [9.17, 15) is 4.79 Å². The van der Waals surface area contributed by atoms with Gasteiger partial charge in [-0.15, -0.1) is 0 Å². The first-order valence-corrected chi connectivity index (χ1v) is 9.38. The van der Waals surface area contributed by atoms with Crippen molar-refractivity contribution in [1.29, 1.82) is 0 Å². The second kappa shape index (κ2) is 6.88. The van der Waals surface area contributed by atoms with Gasteiger partial charge in [-0.1, -0.05) is 29.4 Å². The van der Waals surface area contributed by atoms with Gasteiger partial charge < -0.3 is 14.0 Å². The molecule has 138 valence electrons. The molecule has 0 N–H and O–H groups in total. The van der Waals surface area contributed by atoms with Gasteiger partial charge in [0, 0.05) is 11.6 Å². The minimum Gasteiger partial charge on any atom is -0.468 e. The molecule has 1 saturated carbocycles. The van der Waals surface area contributed by atoms with Gasteiger partial charge >= 0.3 is 0 Å². The minimum atomic E-state index is -0.142. The molecule has 26 heavy (non-hydrogen) atoms. The number of benzene rings is 1. The van der Waals surface area contributed by atoms with Gasteiger partial charge in [0.05, 0.1) is 24.5 Å². The lowest BCUT2D eigenvalue weighted by atomic mass is 9.62. The Hall–Kier alpha value is -2.14. The van der Waals surface area contributed by atoms with Gasteiger partial charge in [0.2, 0.25) is 0 Å². The zero-order chi connectivity index (χ0) is 18.0. The third kappa shape index (κ3) is 3.16. The molecular weight excluding hydrogens is 330 g/mol. The van der Waals surface area contributed by atoms with Gasteiger partial charge in [0.15, 0.2) is 5.76 Å². The first kappa shape index (κ1) is 17.3. The predicted octanol–water partition coefficient (Wildman–Crippen LogP) is 4.39. The number of aromatic nitrogens is 1. The predicted molar refractivity (Wildman–Crippen MR) is 96.5 cm³/mol. The third-order valence-electron chi connectivity index (χ3n) is 6.13. The second-order valence-corrected chi connectivity index (χ2v) is 7.76. The third-order valence-corrected chi connectivity index (χ3v) is 6.13. The van der Waals surface area contributed by atoms with Crippen molar-refractivity contribution in [3.63, 3.8) is 0 Å². The molecule has 0 unspecified atom stereocenters. The van der Waals surface area contributed by atoms with Crippen LogP contribution < -0.4 is 0 Å². The van der Waals surface area contributed by atoms with Crippen molar-refractivity contribution in [3.05, 3.63) is 41.6 Å². The molecule has 0 radical (unpaired) electrons. The summed E-state index contributed by atoms with van der Waals surface area (Å²) in [6.07, 6.45) is 6.46. The molecule has 5 rings (SSSR count). The van der Waals surface area contributed by atoms with Gasteiger partial charge in [-0.3, -0.25) is 4.79 Å². The number of hydrogen-bond donors (Lipinski definition) is 0. The van der Waals surface area contributed by atoms with E-state index < -0.39 is 0 Å². The molecule has 3 fully saturated rings. The van der Waals surface area contributed by atoms with Crippen LogP contribution >= 0.6 is 0 Å². The van der Waals surface area contributed by atoms with Crippen LogP contribution in [0.4, 0.5) is 0 Å². The Morgan fingerprint density at radius 1 is 1.19 bits per heavy atom. The van der Waals surface area contributed by atoms with E-state index in [1.54, 1.807) is 0 Å². The van der Waals surface area contributed by atoms with E-state index >= 15 is 0 Å². The number of rotatable bonds is 7. The highest BCUT2D eigenvalue weighted by atomic mass is 16.5. The van der Waals surface area contributed by atoms with E-state index in [4.69, 9.17) is 14.0 Å². The Kier molecular flexibility index (Phi) is 4.57. The van der Waals surface area contributed by atoms with Crippen LogP contribution in [0.3, 0.4) is 0 Å². The van der Waals surface area contributed by atoms with E-state index in [-0.39, 0.29) is 11.0 Å². The first-order chi connectivity index (χ1) is 12.6. The van der Waals surface area contributed by atoms with Crippen molar-refractivity contribution in [3.8, 4) is 11.3 Å². The number of nitrogens with zero attached hydrogens (tertiary/aromatic N) is 1. The van der Waals surface area contributed by atoms with E-state index in [1.807, 2.05) is 13.0 Å². The second-order valence-electron chi connectivity index (χ2n) is 7.76. The zero-order valence-corrected chi connectivity index (χ0v) is 15.2. The van der Waals surface area contributed by atoms with Gasteiger partial charge in [-0.25, -0.2) is 0 Å². The highest BCUT2D eigenvalue weighted by Gasteiger charge is 2.50. The molecule has 1 aliphatic carbocycles. The van der Waals surface area contributed by atoms with Crippen molar-refractivity contribution in [2.24, 2.45) is 5.41 Å². The van der Waals surface area contributed by atoms with Crippen molar-refractivity contribution in [2.45, 2.75) is 51.0 Å². The Morgan fingerprint density at radius 3 is 2.54 bits per heavy atom. The average Bonchev–Trinajstić information content (AvgIpc) is 3.13. The number of aryl methyl sites for hydroxylation is 1. The van der Waals surface area contributed by atoms with Crippen LogP contribution in [0.2, 0.25) is 0 Å². The van der Waals surface area contributed by atoms with Crippen LogP contribution in [0.25, 0.3) is 11.3 Å². The Morgan fingerprint density at radius 2 is 1.96 bits per heavy atom. The van der Waals surface area contributed by atoms with E-state index in [0.29, 0.717) is 13.1 Å². The molecule has 1 aromatic carbocycles. The SMILES string of the molecule is Cc1cc(-c2ccc(C34CCC(CCCOC=O)(CC3)CO4)cc2)on1. The molecule has 2 aliphatic heterocycles. The monoisotopic (exact) mass is 355 g/mol. The Labute approximate surface area is 153 Å². The van der Waals surface area contributed by atoms with Crippen LogP contribution in [-0.4, -0.2) is 24.8 Å². The number of carbonyl (C=O) groups excluding carboxylic acids is 1. The average molecular weight is 355 g/mol. The van der Waals surface area contributed by atoms with E-state index in [1.165, 1.54) is 18.4 Å². The van der Waals surface area contributed by atoms with Gasteiger partial charge in [-0.2, -0.15) is 0 Å². The lowest BCUT2D eigenvalue weighted by molar-refractivity contribution is -0.192. The van der Waals surface area contributed by atoms with Crippen LogP contribution in [0.1, 0.15) is 49.8 Å². The van der Waals surface area contributed by atoms with Gasteiger partial charge in [0.1, 0.15) is 0 Å². The number of fused-ring (bicyclic) bond motifs is 3. The molecule has 0 amide bonds. The quantitative estimate of drug-likeness (QED) is 0.544. The highest BCUT2D eigenvalue weighted by Crippen LogP contribution is 2.55. The van der Waals surface area contributed by atoms with Gasteiger partial charge in [-0.05, 0) is 56.4 Å². The fourth-order valence-electron chi connectivity index (χ4n) is 4.47. The smallest absolute Gasteiger partial charge is 0.293 e. The lowest BCUT2D eigenvalue weighted by Gasteiger charge is -2.53. The largest absolute Gasteiger partial charge is 0.468 e. The molecular formula is C21H25NO4. The molecule has 1 aromatic heterocycles. The van der Waals surface area contributed by atoms with Gasteiger partial charge in [0.25, 0.3) is 6.47 Å². The first-order valence-electron chi connectivity index (χ1n) is 9.38. The molecule has 2 saturated heterocycles. The molecule has 3 aliphatic rings. The summed E-state index contributed by atoms with van der Waals surface area (Å²) in [6.45, 7) is 3.77. The molecule has 0 spiro atoms. The van der Waals surface area contributed by atoms with Crippen molar-refractivity contribution >= 4 is 6.47 Å². The van der Waals surface area contributed by atoms with Crippen LogP contribution in [0.15, 0.2) is 34.9 Å². The Balaban J connectivity index is 1.43. The van der Waals surface area contributed by atoms with E-state index in [0.717, 1.165) is 49.3 Å². The summed E-state index contributed by atoms with van der Waals surface area (Å²) in [4.78, 5) is 10.3. The molecule has 5 heteroatoms. The summed E-state index contributed by atoms with van der Waals surface area (Å²) in [5.74, 6) is 0.802. The molecule has 0 atom stereocenters. The Bertz CT molecular complexity index is 740. The van der Waals surface area contributed by atoms with Crippen molar-refractivity contribution < 1.29 is 18.8 Å². The fourth-order valence-corrected chi connectivity index (χ4v) is 4.47.